The summed E-state index contributed by atoms with van der Waals surface area (Å²) >= 11 is 7.18. The Hall–Kier alpha value is -2.77. The molecule has 0 fully saturated rings. The van der Waals surface area contributed by atoms with Gasteiger partial charge in [-0.25, -0.2) is 0 Å². The second kappa shape index (κ2) is 10.1. The van der Waals surface area contributed by atoms with Gasteiger partial charge in [0.1, 0.15) is 16.5 Å². The molecule has 3 rings (SSSR count). The molecule has 8 heteroatoms. The number of thioether (sulfide) groups is 1. The Labute approximate surface area is 178 Å². The molecule has 3 aromatic rings. The highest BCUT2D eigenvalue weighted by Gasteiger charge is 2.10. The molecular formula is C21H20ClN3O3S. The number of carbonyl (C=O) groups is 1. The number of benzene rings is 2. The highest BCUT2D eigenvalue weighted by molar-refractivity contribution is 7.99. The molecule has 0 atom stereocenters. The minimum atomic E-state index is -0.0762. The monoisotopic (exact) mass is 429 g/mol. The van der Waals surface area contributed by atoms with Crippen molar-refractivity contribution in [2.24, 2.45) is 0 Å². The summed E-state index contributed by atoms with van der Waals surface area (Å²) in [6, 6.07) is 16.6. The normalized spacial score (nSPS) is 10.4. The molecule has 1 heterocycles. The number of hydrogen-bond donors (Lipinski definition) is 1. The Balaban J connectivity index is 1.55. The van der Waals surface area contributed by atoms with E-state index in [0.29, 0.717) is 33.8 Å². The van der Waals surface area contributed by atoms with Gasteiger partial charge in [-0.1, -0.05) is 35.5 Å². The fourth-order valence-corrected chi connectivity index (χ4v) is 3.31. The topological polar surface area (TPSA) is 73.3 Å². The van der Waals surface area contributed by atoms with E-state index in [2.05, 4.69) is 15.5 Å². The van der Waals surface area contributed by atoms with Gasteiger partial charge < -0.3 is 14.8 Å². The van der Waals surface area contributed by atoms with Crippen LogP contribution in [0.15, 0.2) is 59.6 Å². The largest absolute Gasteiger partial charge is 0.497 e. The number of ether oxygens (including phenoxy) is 2. The van der Waals surface area contributed by atoms with Crippen LogP contribution in [0, 0.1) is 0 Å². The van der Waals surface area contributed by atoms with E-state index in [9.17, 15) is 4.79 Å². The molecule has 0 spiro atoms. The van der Waals surface area contributed by atoms with Crippen LogP contribution in [0.5, 0.6) is 11.5 Å². The zero-order valence-electron chi connectivity index (χ0n) is 16.0. The summed E-state index contributed by atoms with van der Waals surface area (Å²) < 4.78 is 10.6. The molecule has 0 bridgehead atoms. The first-order valence-corrected chi connectivity index (χ1v) is 10.2. The molecule has 1 amide bonds. The Morgan fingerprint density at radius 1 is 1.03 bits per heavy atom. The predicted octanol–water partition coefficient (Wildman–Crippen LogP) is 4.22. The Morgan fingerprint density at radius 3 is 2.48 bits per heavy atom. The third kappa shape index (κ3) is 5.85. The summed E-state index contributed by atoms with van der Waals surface area (Å²) in [5.74, 6) is 1.54. The molecule has 6 nitrogen and oxygen atoms in total. The van der Waals surface area contributed by atoms with Crippen LogP contribution in [0.1, 0.15) is 5.56 Å². The van der Waals surface area contributed by atoms with Crippen molar-refractivity contribution < 1.29 is 14.3 Å². The summed E-state index contributed by atoms with van der Waals surface area (Å²) in [4.78, 5) is 12.1. The van der Waals surface area contributed by atoms with E-state index in [0.717, 1.165) is 11.1 Å². The Bertz CT molecular complexity index is 966. The molecule has 0 saturated heterocycles. The van der Waals surface area contributed by atoms with Gasteiger partial charge in [-0.05, 0) is 42.0 Å². The van der Waals surface area contributed by atoms with Gasteiger partial charge in [-0.2, -0.15) is 0 Å². The van der Waals surface area contributed by atoms with Crippen molar-refractivity contribution in [3.05, 3.63) is 65.2 Å². The fourth-order valence-electron chi connectivity index (χ4n) is 2.54. The van der Waals surface area contributed by atoms with Gasteiger partial charge in [0.05, 0.1) is 25.7 Å². The van der Waals surface area contributed by atoms with Crippen LogP contribution in [0.25, 0.3) is 11.3 Å². The van der Waals surface area contributed by atoms with Gasteiger partial charge in [-0.3, -0.25) is 4.79 Å². The van der Waals surface area contributed by atoms with Crippen molar-refractivity contribution >= 4 is 29.3 Å². The molecule has 1 N–H and O–H groups in total. The van der Waals surface area contributed by atoms with E-state index in [-0.39, 0.29) is 11.7 Å². The molecule has 0 unspecified atom stereocenters. The number of aromatic nitrogens is 2. The molecule has 0 aliphatic carbocycles. The van der Waals surface area contributed by atoms with E-state index >= 15 is 0 Å². The summed E-state index contributed by atoms with van der Waals surface area (Å²) in [6.45, 7) is 0.457. The van der Waals surface area contributed by atoms with Crippen LogP contribution < -0.4 is 14.8 Å². The third-order valence-electron chi connectivity index (χ3n) is 4.08. The zero-order chi connectivity index (χ0) is 20.6. The summed E-state index contributed by atoms with van der Waals surface area (Å²) in [6.07, 6.45) is 0. The maximum Gasteiger partial charge on any atom is 0.230 e. The molecule has 150 valence electrons. The van der Waals surface area contributed by atoms with E-state index in [1.807, 2.05) is 36.4 Å². The van der Waals surface area contributed by atoms with Gasteiger partial charge >= 0.3 is 0 Å². The van der Waals surface area contributed by atoms with Crippen LogP contribution in [0.4, 0.5) is 0 Å². The third-order valence-corrected chi connectivity index (χ3v) is 5.25. The Morgan fingerprint density at radius 2 is 1.83 bits per heavy atom. The first-order chi connectivity index (χ1) is 14.1. The SMILES string of the molecule is COc1ccc(-c2ccc(SCC(=O)NCc3ccc(Cl)cc3)nn2)c(OC)c1. The van der Waals surface area contributed by atoms with Gasteiger partial charge in [0.15, 0.2) is 0 Å². The van der Waals surface area contributed by atoms with Crippen LogP contribution in [0.3, 0.4) is 0 Å². The Kier molecular flexibility index (Phi) is 7.32. The molecule has 29 heavy (non-hydrogen) atoms. The number of amides is 1. The lowest BCUT2D eigenvalue weighted by atomic mass is 10.1. The lowest BCUT2D eigenvalue weighted by Crippen LogP contribution is -2.24. The predicted molar refractivity (Wildman–Crippen MR) is 115 cm³/mol. The van der Waals surface area contributed by atoms with Crippen LogP contribution in [-0.2, 0) is 11.3 Å². The number of halogens is 1. The van der Waals surface area contributed by atoms with Crippen LogP contribution in [-0.4, -0.2) is 36.1 Å². The molecule has 1 aromatic heterocycles. The number of nitrogens with zero attached hydrogens (tertiary/aromatic N) is 2. The lowest BCUT2D eigenvalue weighted by molar-refractivity contribution is -0.118. The van der Waals surface area contributed by atoms with Gasteiger partial charge in [0.25, 0.3) is 0 Å². The quantitative estimate of drug-likeness (QED) is 0.540. The summed E-state index contributed by atoms with van der Waals surface area (Å²) in [5.41, 5.74) is 2.49. The number of rotatable bonds is 8. The number of methoxy groups -OCH3 is 2. The molecular weight excluding hydrogens is 410 g/mol. The van der Waals surface area contributed by atoms with Crippen LogP contribution in [0.2, 0.25) is 5.02 Å². The standard InChI is InChI=1S/C21H20ClN3O3S/c1-27-16-7-8-17(19(11-16)28-2)18-9-10-21(25-24-18)29-13-20(26)23-12-14-3-5-15(22)6-4-14/h3-11H,12-13H2,1-2H3,(H,23,26). The summed E-state index contributed by atoms with van der Waals surface area (Å²) in [5, 5.41) is 12.7. The first kappa shape index (κ1) is 21.0. The number of nitrogens with one attached hydrogen (secondary N) is 1. The van der Waals surface area contributed by atoms with Crippen molar-refractivity contribution in [3.63, 3.8) is 0 Å². The highest BCUT2D eigenvalue weighted by Crippen LogP contribution is 2.32. The van der Waals surface area contributed by atoms with E-state index in [1.165, 1.54) is 11.8 Å². The average molecular weight is 430 g/mol. The molecule has 2 aromatic carbocycles. The number of carbonyl (C=O) groups excluding carboxylic acids is 1. The highest BCUT2D eigenvalue weighted by atomic mass is 35.5. The second-order valence-corrected chi connectivity index (χ2v) is 7.45. The van der Waals surface area contributed by atoms with Crippen molar-refractivity contribution in [1.82, 2.24) is 15.5 Å². The maximum atomic E-state index is 12.1. The molecule has 0 aliphatic heterocycles. The van der Waals surface area contributed by atoms with Crippen molar-refractivity contribution in [1.29, 1.82) is 0 Å². The van der Waals surface area contributed by atoms with E-state index in [1.54, 1.807) is 32.4 Å². The maximum absolute atomic E-state index is 12.1. The molecule has 0 saturated carbocycles. The zero-order valence-corrected chi connectivity index (χ0v) is 17.6. The molecule has 0 radical (unpaired) electrons. The molecule has 0 aliphatic rings. The summed E-state index contributed by atoms with van der Waals surface area (Å²) in [7, 11) is 3.20. The van der Waals surface area contributed by atoms with Gasteiger partial charge in [0, 0.05) is 23.2 Å². The van der Waals surface area contributed by atoms with Gasteiger partial charge in [0.2, 0.25) is 5.91 Å². The number of hydrogen-bond acceptors (Lipinski definition) is 6. The minimum absolute atomic E-state index is 0.0762. The van der Waals surface area contributed by atoms with Gasteiger partial charge in [-0.15, -0.1) is 10.2 Å². The van der Waals surface area contributed by atoms with E-state index in [4.69, 9.17) is 21.1 Å². The van der Waals surface area contributed by atoms with Crippen molar-refractivity contribution in [2.45, 2.75) is 11.6 Å². The second-order valence-electron chi connectivity index (χ2n) is 6.01. The fraction of sp³-hybridized carbons (Fsp3) is 0.190. The first-order valence-electron chi connectivity index (χ1n) is 8.79. The van der Waals surface area contributed by atoms with Crippen molar-refractivity contribution in [3.8, 4) is 22.8 Å². The lowest BCUT2D eigenvalue weighted by Gasteiger charge is -2.10. The van der Waals surface area contributed by atoms with Crippen LogP contribution >= 0.6 is 23.4 Å². The van der Waals surface area contributed by atoms with Crippen molar-refractivity contribution in [2.75, 3.05) is 20.0 Å². The van der Waals surface area contributed by atoms with E-state index < -0.39 is 0 Å². The minimum Gasteiger partial charge on any atom is -0.497 e. The smallest absolute Gasteiger partial charge is 0.230 e. The average Bonchev–Trinajstić information content (AvgIpc) is 2.77.